The number of halogens is 2. The monoisotopic (exact) mass is 952 g/mol. The summed E-state index contributed by atoms with van der Waals surface area (Å²) in [5.41, 5.74) is 7.40. The first-order valence-corrected chi connectivity index (χ1v) is 18.5. The van der Waals surface area contributed by atoms with Crippen LogP contribution in [-0.4, -0.2) is 105 Å². The fourth-order valence-corrected chi connectivity index (χ4v) is 6.84. The van der Waals surface area contributed by atoms with Gasteiger partial charge in [0.1, 0.15) is 23.9 Å². The third-order valence-electron chi connectivity index (χ3n) is 7.68. The topological polar surface area (TPSA) is 270 Å². The van der Waals surface area contributed by atoms with Gasteiger partial charge in [0, 0.05) is 6.42 Å². The third kappa shape index (κ3) is 14.4. The molecule has 18 heteroatoms. The minimum Gasteiger partial charge on any atom is -0.506 e. The second-order valence-corrected chi connectivity index (χ2v) is 15.1. The van der Waals surface area contributed by atoms with Crippen LogP contribution in [0.5, 0.6) is 5.75 Å². The van der Waals surface area contributed by atoms with Crippen LogP contribution in [-0.2, 0) is 41.6 Å². The van der Waals surface area contributed by atoms with Crippen molar-refractivity contribution in [3.63, 3.8) is 0 Å². The minimum absolute atomic E-state index is 0.0167. The molecule has 5 amide bonds. The molecule has 0 saturated carbocycles. The molecule has 2 aromatic rings. The molecule has 2 aromatic carbocycles. The van der Waals surface area contributed by atoms with Gasteiger partial charge in [-0.05, 0) is 101 Å². The molecule has 0 bridgehead atoms. The molecule has 0 aliphatic rings. The standard InChI is InChI=1S/C34H46I2N6O10/c1-16(2)10-24(32(49)42-28(18(4)44)34(51)52)40-31(48)25(14-19-8-6-5-7-9-19)39-26(45)15-38-33(50)27(17(3)43)41-30(47)23(37)13-20-11-21(35)29(46)22(36)12-20/h5-9,11-12,16-18,23-25,27-28,43-44,46H,10,13-15,37H2,1-4H3,(H,38,50)(H,39,45)(H,40,48)(H,41,47)(H,42,49)(H,51,52)/t17-,18-,23+,24-,25-,27+,28+/m0/s1. The lowest BCUT2D eigenvalue weighted by Crippen LogP contribution is -2.59. The number of nitrogens with two attached hydrogens (primary N) is 1. The number of hydrogen-bond donors (Lipinski definition) is 10. The maximum Gasteiger partial charge on any atom is 0.328 e. The molecule has 7 atom stereocenters. The number of aliphatic hydroxyl groups is 2. The zero-order valence-electron chi connectivity index (χ0n) is 29.1. The highest BCUT2D eigenvalue weighted by Gasteiger charge is 2.33. The van der Waals surface area contributed by atoms with E-state index in [4.69, 9.17) is 5.73 Å². The Morgan fingerprint density at radius 2 is 1.25 bits per heavy atom. The second-order valence-electron chi connectivity index (χ2n) is 12.7. The molecule has 16 nitrogen and oxygen atoms in total. The largest absolute Gasteiger partial charge is 0.506 e. The number of phenols is 1. The summed E-state index contributed by atoms with van der Waals surface area (Å²) < 4.78 is 1.13. The number of carbonyl (C=O) groups excluding carboxylic acids is 5. The van der Waals surface area contributed by atoms with Gasteiger partial charge in [0.2, 0.25) is 29.5 Å². The molecule has 0 fully saturated rings. The smallest absolute Gasteiger partial charge is 0.328 e. The average molecular weight is 953 g/mol. The van der Waals surface area contributed by atoms with Gasteiger partial charge in [-0.15, -0.1) is 0 Å². The summed E-state index contributed by atoms with van der Waals surface area (Å²) in [6.45, 7) is 5.39. The van der Waals surface area contributed by atoms with E-state index in [0.717, 1.165) is 0 Å². The quantitative estimate of drug-likeness (QED) is 0.0815. The van der Waals surface area contributed by atoms with Crippen LogP contribution in [0.4, 0.5) is 0 Å². The molecule has 11 N–H and O–H groups in total. The molecule has 0 heterocycles. The Labute approximate surface area is 328 Å². The number of carboxylic acid groups (broad SMARTS) is 1. The van der Waals surface area contributed by atoms with E-state index in [1.54, 1.807) is 56.3 Å². The van der Waals surface area contributed by atoms with Gasteiger partial charge < -0.3 is 52.7 Å². The molecule has 0 radical (unpaired) electrons. The second kappa shape index (κ2) is 21.2. The Kier molecular flexibility index (Phi) is 18.2. The molecule has 0 aliphatic heterocycles. The molecule has 0 spiro atoms. The molecule has 0 aliphatic carbocycles. The maximum absolute atomic E-state index is 13.6. The van der Waals surface area contributed by atoms with E-state index in [-0.39, 0.29) is 30.9 Å². The SMILES string of the molecule is CC(C)C[C@H](NC(=O)[C@H](Cc1ccccc1)NC(=O)CNC(=O)[C@H](NC(=O)[C@H](N)Cc1cc(I)c(O)c(I)c1)[C@H](C)O)C(=O)N[C@@H](C(=O)O)[C@H](C)O. The van der Waals surface area contributed by atoms with Gasteiger partial charge in [-0.2, -0.15) is 0 Å². The lowest BCUT2D eigenvalue weighted by molar-refractivity contribution is -0.145. The number of rotatable bonds is 19. The van der Waals surface area contributed by atoms with Crippen LogP contribution in [0.1, 0.15) is 45.2 Å². The van der Waals surface area contributed by atoms with Crippen molar-refractivity contribution in [1.29, 1.82) is 0 Å². The van der Waals surface area contributed by atoms with E-state index in [1.807, 2.05) is 45.2 Å². The van der Waals surface area contributed by atoms with Crippen molar-refractivity contribution < 1.29 is 49.2 Å². The van der Waals surface area contributed by atoms with Crippen LogP contribution < -0.4 is 32.3 Å². The predicted octanol–water partition coefficient (Wildman–Crippen LogP) is -0.338. The van der Waals surface area contributed by atoms with E-state index >= 15 is 0 Å². The van der Waals surface area contributed by atoms with Crippen molar-refractivity contribution in [3.05, 3.63) is 60.7 Å². The Bertz CT molecular complexity index is 1550. The zero-order valence-corrected chi connectivity index (χ0v) is 33.4. The van der Waals surface area contributed by atoms with Gasteiger partial charge in [0.05, 0.1) is 31.9 Å². The predicted molar refractivity (Wildman–Crippen MR) is 207 cm³/mol. The van der Waals surface area contributed by atoms with Gasteiger partial charge in [0.15, 0.2) is 6.04 Å². The highest BCUT2D eigenvalue weighted by molar-refractivity contribution is 14.1. The molecular formula is C34H46I2N6O10. The van der Waals surface area contributed by atoms with Gasteiger partial charge in [0.25, 0.3) is 0 Å². The van der Waals surface area contributed by atoms with Gasteiger partial charge in [-0.1, -0.05) is 44.2 Å². The number of hydrogen-bond acceptors (Lipinski definition) is 10. The number of carbonyl (C=O) groups is 6. The molecule has 286 valence electrons. The first kappa shape index (κ1) is 44.6. The number of amides is 5. The maximum atomic E-state index is 13.6. The third-order valence-corrected chi connectivity index (χ3v) is 9.32. The summed E-state index contributed by atoms with van der Waals surface area (Å²) in [6.07, 6.45) is -2.65. The zero-order chi connectivity index (χ0) is 39.3. The average Bonchev–Trinajstić information content (AvgIpc) is 3.06. The number of aromatic hydroxyl groups is 1. The highest BCUT2D eigenvalue weighted by atomic mass is 127. The Morgan fingerprint density at radius 3 is 1.77 bits per heavy atom. The van der Waals surface area contributed by atoms with Crippen LogP contribution in [0, 0.1) is 13.1 Å². The summed E-state index contributed by atoms with van der Waals surface area (Å²) in [5, 5.41) is 51.6. The number of carboxylic acids is 1. The summed E-state index contributed by atoms with van der Waals surface area (Å²) in [4.78, 5) is 77.2. The van der Waals surface area contributed by atoms with Crippen molar-refractivity contribution in [2.75, 3.05) is 6.54 Å². The number of nitrogens with one attached hydrogen (secondary N) is 5. The van der Waals surface area contributed by atoms with Gasteiger partial charge >= 0.3 is 5.97 Å². The molecule has 0 saturated heterocycles. The van der Waals surface area contributed by atoms with E-state index in [2.05, 4.69) is 26.6 Å². The Balaban J connectivity index is 2.14. The van der Waals surface area contributed by atoms with Crippen molar-refractivity contribution in [2.24, 2.45) is 11.7 Å². The van der Waals surface area contributed by atoms with E-state index in [0.29, 0.717) is 18.3 Å². The fourth-order valence-electron chi connectivity index (χ4n) is 4.95. The molecule has 0 unspecified atom stereocenters. The summed E-state index contributed by atoms with van der Waals surface area (Å²) in [6, 6.07) is 5.29. The summed E-state index contributed by atoms with van der Waals surface area (Å²) >= 11 is 3.89. The molecule has 0 aromatic heterocycles. The molecule has 2 rings (SSSR count). The van der Waals surface area contributed by atoms with E-state index < -0.39 is 84.5 Å². The lowest BCUT2D eigenvalue weighted by Gasteiger charge is -2.26. The van der Waals surface area contributed by atoms with Crippen LogP contribution >= 0.6 is 45.2 Å². The highest BCUT2D eigenvalue weighted by Crippen LogP contribution is 2.27. The Morgan fingerprint density at radius 1 is 0.712 bits per heavy atom. The van der Waals surface area contributed by atoms with Crippen molar-refractivity contribution in [3.8, 4) is 5.75 Å². The van der Waals surface area contributed by atoms with Crippen molar-refractivity contribution in [1.82, 2.24) is 26.6 Å². The summed E-state index contributed by atoms with van der Waals surface area (Å²) in [7, 11) is 0. The van der Waals surface area contributed by atoms with E-state index in [9.17, 15) is 49.2 Å². The fraction of sp³-hybridized carbons (Fsp3) is 0.471. The van der Waals surface area contributed by atoms with Gasteiger partial charge in [-0.3, -0.25) is 24.0 Å². The number of aliphatic hydroxyl groups excluding tert-OH is 2. The van der Waals surface area contributed by atoms with Crippen LogP contribution in [0.25, 0.3) is 0 Å². The Hall–Kier alpha value is -3.60. The van der Waals surface area contributed by atoms with Crippen LogP contribution in [0.3, 0.4) is 0 Å². The molecular weight excluding hydrogens is 906 g/mol. The lowest BCUT2D eigenvalue weighted by atomic mass is 10.0. The normalized spacial score (nSPS) is 15.2. The van der Waals surface area contributed by atoms with E-state index in [1.165, 1.54) is 13.8 Å². The molecule has 52 heavy (non-hydrogen) atoms. The van der Waals surface area contributed by atoms with Crippen molar-refractivity contribution in [2.45, 2.75) is 89.4 Å². The van der Waals surface area contributed by atoms with Gasteiger partial charge in [-0.25, -0.2) is 4.79 Å². The van der Waals surface area contributed by atoms with Crippen LogP contribution in [0.15, 0.2) is 42.5 Å². The van der Waals surface area contributed by atoms with Crippen LogP contribution in [0.2, 0.25) is 0 Å². The van der Waals surface area contributed by atoms with Crippen molar-refractivity contribution >= 4 is 80.7 Å². The first-order valence-electron chi connectivity index (χ1n) is 16.3. The number of benzene rings is 2. The number of phenolic OH excluding ortho intramolecular Hbond substituents is 1. The summed E-state index contributed by atoms with van der Waals surface area (Å²) in [5.74, 6) is -5.55. The minimum atomic E-state index is -1.62. The first-order chi connectivity index (χ1) is 24.3. The number of aliphatic carboxylic acids is 1.